The van der Waals surface area contributed by atoms with Crippen LogP contribution in [0.15, 0.2) is 53.3 Å². The number of halogens is 3. The molecular formula is C15H9BrClFN4O. The second kappa shape index (κ2) is 6.47. The molecule has 0 saturated heterocycles. The van der Waals surface area contributed by atoms with Gasteiger partial charge in [0.25, 0.3) is 5.91 Å². The van der Waals surface area contributed by atoms with Crippen LogP contribution in [0.4, 0.5) is 10.2 Å². The second-order valence-corrected chi connectivity index (χ2v) is 5.86. The fourth-order valence-corrected chi connectivity index (χ4v) is 2.48. The molecule has 1 N–H and O–H groups in total. The van der Waals surface area contributed by atoms with Crippen molar-refractivity contribution in [3.8, 4) is 5.82 Å². The first kappa shape index (κ1) is 15.6. The number of hydrogen-bond acceptors (Lipinski definition) is 3. The molecule has 1 aromatic carbocycles. The highest BCUT2D eigenvalue weighted by molar-refractivity contribution is 9.10. The number of amides is 1. The predicted molar refractivity (Wildman–Crippen MR) is 88.4 cm³/mol. The molecule has 23 heavy (non-hydrogen) atoms. The van der Waals surface area contributed by atoms with Crippen LogP contribution in [0, 0.1) is 5.82 Å². The summed E-state index contributed by atoms with van der Waals surface area (Å²) in [5.41, 5.74) is -0.0789. The summed E-state index contributed by atoms with van der Waals surface area (Å²) in [6.07, 6.45) is 3.18. The standard InChI is InChI=1S/C15H9BrClFN4O/c16-9-3-4-12(18)10(8-9)15(23)20-13-5-7-22(21-13)14-11(17)2-1-6-19-14/h1-8H,(H,20,21,23). The minimum Gasteiger partial charge on any atom is -0.305 e. The van der Waals surface area contributed by atoms with Crippen LogP contribution in [-0.2, 0) is 0 Å². The summed E-state index contributed by atoms with van der Waals surface area (Å²) >= 11 is 9.25. The monoisotopic (exact) mass is 394 g/mol. The highest BCUT2D eigenvalue weighted by Gasteiger charge is 2.14. The number of pyridine rings is 1. The number of nitrogens with one attached hydrogen (secondary N) is 1. The zero-order valence-electron chi connectivity index (χ0n) is 11.5. The number of carbonyl (C=O) groups is 1. The number of aromatic nitrogens is 3. The molecule has 1 amide bonds. The average molecular weight is 396 g/mol. The Bertz CT molecular complexity index is 883. The largest absolute Gasteiger partial charge is 0.305 e. The van der Waals surface area contributed by atoms with Gasteiger partial charge in [0.15, 0.2) is 11.6 Å². The molecule has 116 valence electrons. The minimum absolute atomic E-state index is 0.0789. The Hall–Kier alpha value is -2.25. The van der Waals surface area contributed by atoms with E-state index in [-0.39, 0.29) is 11.4 Å². The Kier molecular flexibility index (Phi) is 4.40. The minimum atomic E-state index is -0.613. The van der Waals surface area contributed by atoms with Crippen LogP contribution in [0.2, 0.25) is 5.02 Å². The van der Waals surface area contributed by atoms with Gasteiger partial charge in [-0.05, 0) is 30.3 Å². The Morgan fingerprint density at radius 3 is 2.91 bits per heavy atom. The van der Waals surface area contributed by atoms with E-state index < -0.39 is 11.7 Å². The zero-order chi connectivity index (χ0) is 16.4. The molecule has 0 aliphatic carbocycles. The molecule has 0 aliphatic heterocycles. The Labute approximate surface area is 144 Å². The van der Waals surface area contributed by atoms with Gasteiger partial charge in [-0.3, -0.25) is 4.79 Å². The first-order chi connectivity index (χ1) is 11.0. The third-order valence-corrected chi connectivity index (χ3v) is 3.75. The Morgan fingerprint density at radius 1 is 1.30 bits per heavy atom. The van der Waals surface area contributed by atoms with Crippen LogP contribution in [0.25, 0.3) is 5.82 Å². The van der Waals surface area contributed by atoms with Crippen molar-refractivity contribution in [3.63, 3.8) is 0 Å². The van der Waals surface area contributed by atoms with Crippen LogP contribution in [0.3, 0.4) is 0 Å². The van der Waals surface area contributed by atoms with Crippen molar-refractivity contribution in [1.82, 2.24) is 14.8 Å². The normalized spacial score (nSPS) is 10.6. The van der Waals surface area contributed by atoms with Gasteiger partial charge in [0.1, 0.15) is 5.82 Å². The fraction of sp³-hybridized carbons (Fsp3) is 0. The molecule has 2 aromatic heterocycles. The van der Waals surface area contributed by atoms with Gasteiger partial charge < -0.3 is 5.32 Å². The number of anilines is 1. The van der Waals surface area contributed by atoms with Gasteiger partial charge in [0.05, 0.1) is 10.6 Å². The molecule has 3 rings (SSSR count). The lowest BCUT2D eigenvalue weighted by Crippen LogP contribution is -2.14. The molecule has 0 spiro atoms. The van der Waals surface area contributed by atoms with E-state index in [1.807, 2.05) is 0 Å². The third kappa shape index (κ3) is 3.40. The van der Waals surface area contributed by atoms with E-state index in [0.717, 1.165) is 0 Å². The highest BCUT2D eigenvalue weighted by Crippen LogP contribution is 2.19. The number of nitrogens with zero attached hydrogens (tertiary/aromatic N) is 3. The number of hydrogen-bond donors (Lipinski definition) is 1. The maximum Gasteiger partial charge on any atom is 0.259 e. The Balaban J connectivity index is 1.83. The smallest absolute Gasteiger partial charge is 0.259 e. The highest BCUT2D eigenvalue weighted by atomic mass is 79.9. The summed E-state index contributed by atoms with van der Waals surface area (Å²) in [5.74, 6) is -0.515. The van der Waals surface area contributed by atoms with Crippen molar-refractivity contribution < 1.29 is 9.18 Å². The number of carbonyl (C=O) groups excluding carboxylic acids is 1. The van der Waals surface area contributed by atoms with Crippen molar-refractivity contribution in [1.29, 1.82) is 0 Å². The quantitative estimate of drug-likeness (QED) is 0.727. The van der Waals surface area contributed by atoms with Gasteiger partial charge in [-0.25, -0.2) is 14.1 Å². The molecule has 0 atom stereocenters. The van der Waals surface area contributed by atoms with Gasteiger partial charge in [0, 0.05) is 22.9 Å². The molecule has 0 saturated carbocycles. The molecule has 0 aliphatic rings. The van der Waals surface area contributed by atoms with Crippen molar-refractivity contribution >= 4 is 39.3 Å². The molecule has 0 radical (unpaired) electrons. The van der Waals surface area contributed by atoms with E-state index in [1.54, 1.807) is 30.6 Å². The van der Waals surface area contributed by atoms with E-state index in [2.05, 4.69) is 31.3 Å². The first-order valence-corrected chi connectivity index (χ1v) is 7.64. The first-order valence-electron chi connectivity index (χ1n) is 6.47. The molecule has 0 unspecified atom stereocenters. The zero-order valence-corrected chi connectivity index (χ0v) is 13.8. The van der Waals surface area contributed by atoms with Crippen LogP contribution >= 0.6 is 27.5 Å². The number of rotatable bonds is 3. The summed E-state index contributed by atoms with van der Waals surface area (Å²) in [6, 6.07) is 9.08. The topological polar surface area (TPSA) is 59.8 Å². The van der Waals surface area contributed by atoms with Crippen molar-refractivity contribution in [2.75, 3.05) is 5.32 Å². The lowest BCUT2D eigenvalue weighted by atomic mass is 10.2. The number of benzene rings is 1. The van der Waals surface area contributed by atoms with Crippen LogP contribution in [0.1, 0.15) is 10.4 Å². The van der Waals surface area contributed by atoms with Crippen LogP contribution in [0.5, 0.6) is 0 Å². The van der Waals surface area contributed by atoms with Crippen LogP contribution in [-0.4, -0.2) is 20.7 Å². The van der Waals surface area contributed by atoms with E-state index >= 15 is 0 Å². The Morgan fingerprint density at radius 2 is 2.13 bits per heavy atom. The second-order valence-electron chi connectivity index (χ2n) is 4.53. The maximum absolute atomic E-state index is 13.7. The van der Waals surface area contributed by atoms with Gasteiger partial charge >= 0.3 is 0 Å². The molecule has 5 nitrogen and oxygen atoms in total. The van der Waals surface area contributed by atoms with Gasteiger partial charge in [-0.15, -0.1) is 5.10 Å². The van der Waals surface area contributed by atoms with Gasteiger partial charge in [-0.1, -0.05) is 27.5 Å². The summed E-state index contributed by atoms with van der Waals surface area (Å²) < 4.78 is 15.7. The lowest BCUT2D eigenvalue weighted by molar-refractivity contribution is 0.102. The molecule has 3 aromatic rings. The molecule has 2 heterocycles. The van der Waals surface area contributed by atoms with Gasteiger partial charge in [0.2, 0.25) is 0 Å². The summed E-state index contributed by atoms with van der Waals surface area (Å²) in [7, 11) is 0. The van der Waals surface area contributed by atoms with E-state index in [9.17, 15) is 9.18 Å². The maximum atomic E-state index is 13.7. The summed E-state index contributed by atoms with van der Waals surface area (Å²) in [4.78, 5) is 16.3. The molecular weight excluding hydrogens is 387 g/mol. The van der Waals surface area contributed by atoms with Crippen molar-refractivity contribution in [2.24, 2.45) is 0 Å². The van der Waals surface area contributed by atoms with E-state index in [1.165, 1.54) is 22.9 Å². The lowest BCUT2D eigenvalue weighted by Gasteiger charge is -2.04. The van der Waals surface area contributed by atoms with E-state index in [4.69, 9.17) is 11.6 Å². The molecule has 0 bridgehead atoms. The summed E-state index contributed by atoms with van der Waals surface area (Å²) in [5, 5.41) is 7.12. The molecule has 0 fully saturated rings. The van der Waals surface area contributed by atoms with Crippen molar-refractivity contribution in [2.45, 2.75) is 0 Å². The predicted octanol–water partition coefficient (Wildman–Crippen LogP) is 4.07. The van der Waals surface area contributed by atoms with Crippen molar-refractivity contribution in [3.05, 3.63) is 69.7 Å². The third-order valence-electron chi connectivity index (χ3n) is 2.96. The average Bonchev–Trinajstić information content (AvgIpc) is 2.98. The SMILES string of the molecule is O=C(Nc1ccn(-c2ncccc2Cl)n1)c1cc(Br)ccc1F. The summed E-state index contributed by atoms with van der Waals surface area (Å²) in [6.45, 7) is 0. The fourth-order valence-electron chi connectivity index (χ4n) is 1.91. The molecule has 8 heteroatoms. The van der Waals surface area contributed by atoms with Gasteiger partial charge in [-0.2, -0.15) is 0 Å². The van der Waals surface area contributed by atoms with E-state index in [0.29, 0.717) is 15.3 Å². The van der Waals surface area contributed by atoms with Crippen LogP contribution < -0.4 is 5.32 Å².